The fourth-order valence-electron chi connectivity index (χ4n) is 3.86. The van der Waals surface area contributed by atoms with E-state index in [4.69, 9.17) is 14.6 Å². The Morgan fingerprint density at radius 3 is 2.38 bits per heavy atom. The minimum atomic E-state index is -5.08. The lowest BCUT2D eigenvalue weighted by Gasteiger charge is -2.52. The van der Waals surface area contributed by atoms with Crippen LogP contribution in [0.3, 0.4) is 0 Å². The molecule has 1 saturated heterocycles. The molecule has 0 atom stereocenters. The summed E-state index contributed by atoms with van der Waals surface area (Å²) in [5.41, 5.74) is 2.93. The highest BCUT2D eigenvalue weighted by Gasteiger charge is 2.46. The molecule has 1 saturated carbocycles. The SMILES string of the molecule is Cc1cccc(CN2CCC3(CC2)CC(OCC(C)C)C3)n1.O=C(O)C(F)(F)F. The van der Waals surface area contributed by atoms with Gasteiger partial charge in [0.15, 0.2) is 0 Å². The van der Waals surface area contributed by atoms with Crippen LogP contribution < -0.4 is 0 Å². The van der Waals surface area contributed by atoms with E-state index in [0.717, 1.165) is 18.8 Å². The van der Waals surface area contributed by atoms with E-state index in [1.807, 2.05) is 0 Å². The number of alkyl halides is 3. The van der Waals surface area contributed by atoms with Gasteiger partial charge in [0.25, 0.3) is 0 Å². The van der Waals surface area contributed by atoms with Crippen LogP contribution in [0.15, 0.2) is 18.2 Å². The summed E-state index contributed by atoms with van der Waals surface area (Å²) in [6, 6.07) is 6.34. The van der Waals surface area contributed by atoms with Crippen molar-refractivity contribution >= 4 is 5.97 Å². The summed E-state index contributed by atoms with van der Waals surface area (Å²) in [6.45, 7) is 10.9. The predicted molar refractivity (Wildman–Crippen MR) is 103 cm³/mol. The van der Waals surface area contributed by atoms with E-state index in [-0.39, 0.29) is 0 Å². The zero-order valence-corrected chi connectivity index (χ0v) is 17.3. The Balaban J connectivity index is 0.000000370. The van der Waals surface area contributed by atoms with E-state index in [2.05, 4.69) is 48.9 Å². The van der Waals surface area contributed by atoms with Crippen molar-refractivity contribution in [2.45, 2.75) is 65.3 Å². The predicted octanol–water partition coefficient (Wildman–Crippen LogP) is 4.44. The summed E-state index contributed by atoms with van der Waals surface area (Å²) in [7, 11) is 0. The minimum absolute atomic E-state index is 0.535. The number of hydrogen-bond acceptors (Lipinski definition) is 4. The molecule has 2 aliphatic rings. The molecule has 8 heteroatoms. The van der Waals surface area contributed by atoms with Crippen LogP contribution in [-0.2, 0) is 16.1 Å². The number of piperidine rings is 1. The largest absolute Gasteiger partial charge is 0.490 e. The topological polar surface area (TPSA) is 62.7 Å². The molecule has 0 unspecified atom stereocenters. The van der Waals surface area contributed by atoms with E-state index in [9.17, 15) is 13.2 Å². The third-order valence-electron chi connectivity index (χ3n) is 5.48. The molecule has 1 aromatic rings. The maximum atomic E-state index is 10.6. The number of aromatic nitrogens is 1. The molecule has 2 heterocycles. The maximum absolute atomic E-state index is 10.6. The number of carboxylic acids is 1. The van der Waals surface area contributed by atoms with Crippen molar-refractivity contribution < 1.29 is 27.8 Å². The molecule has 1 spiro atoms. The molecular formula is C21H31F3N2O3. The third kappa shape index (κ3) is 7.59. The highest BCUT2D eigenvalue weighted by Crippen LogP contribution is 2.50. The molecule has 5 nitrogen and oxygen atoms in total. The first-order valence-electron chi connectivity index (χ1n) is 10.1. The van der Waals surface area contributed by atoms with E-state index >= 15 is 0 Å². The average Bonchev–Trinajstić information content (AvgIpc) is 2.59. The van der Waals surface area contributed by atoms with Crippen molar-refractivity contribution in [3.05, 3.63) is 29.6 Å². The number of aliphatic carboxylic acids is 1. The Kier molecular flexibility index (Phi) is 8.05. The molecule has 1 aromatic heterocycles. The number of ether oxygens (including phenoxy) is 1. The second kappa shape index (κ2) is 9.89. The normalized spacial score (nSPS) is 19.6. The molecule has 0 amide bonds. The molecule has 1 aliphatic heterocycles. The number of carboxylic acid groups (broad SMARTS) is 1. The van der Waals surface area contributed by atoms with Crippen molar-refractivity contribution in [2.75, 3.05) is 19.7 Å². The maximum Gasteiger partial charge on any atom is 0.490 e. The fourth-order valence-corrected chi connectivity index (χ4v) is 3.86. The van der Waals surface area contributed by atoms with Crippen LogP contribution in [-0.4, -0.2) is 52.9 Å². The first-order chi connectivity index (χ1) is 13.5. The highest BCUT2D eigenvalue weighted by molar-refractivity contribution is 5.73. The van der Waals surface area contributed by atoms with Crippen molar-refractivity contribution in [3.8, 4) is 0 Å². The van der Waals surface area contributed by atoms with Crippen LogP contribution in [0.4, 0.5) is 13.2 Å². The van der Waals surface area contributed by atoms with Crippen molar-refractivity contribution in [1.82, 2.24) is 9.88 Å². The van der Waals surface area contributed by atoms with Crippen LogP contribution in [0.5, 0.6) is 0 Å². The lowest BCUT2D eigenvalue weighted by atomic mass is 9.61. The number of nitrogens with zero attached hydrogens (tertiary/aromatic N) is 2. The average molecular weight is 416 g/mol. The minimum Gasteiger partial charge on any atom is -0.475 e. The first-order valence-corrected chi connectivity index (χ1v) is 10.1. The molecule has 1 aliphatic carbocycles. The Bertz CT molecular complexity index is 663. The Labute approximate surface area is 170 Å². The molecule has 0 aromatic carbocycles. The molecular weight excluding hydrogens is 385 g/mol. The molecule has 0 radical (unpaired) electrons. The van der Waals surface area contributed by atoms with Gasteiger partial charge in [-0.1, -0.05) is 19.9 Å². The lowest BCUT2D eigenvalue weighted by molar-refractivity contribution is -0.192. The van der Waals surface area contributed by atoms with E-state index in [1.54, 1.807) is 0 Å². The molecule has 0 bridgehead atoms. The monoisotopic (exact) mass is 416 g/mol. The summed E-state index contributed by atoms with van der Waals surface area (Å²) in [5.74, 6) is -2.10. The summed E-state index contributed by atoms with van der Waals surface area (Å²) in [5, 5.41) is 7.12. The third-order valence-corrected chi connectivity index (χ3v) is 5.48. The van der Waals surface area contributed by atoms with Gasteiger partial charge < -0.3 is 9.84 Å². The molecule has 29 heavy (non-hydrogen) atoms. The zero-order chi connectivity index (χ0) is 21.7. The van der Waals surface area contributed by atoms with Crippen LogP contribution in [0, 0.1) is 18.3 Å². The lowest BCUT2D eigenvalue weighted by Crippen LogP contribution is -2.49. The van der Waals surface area contributed by atoms with Gasteiger partial charge in [0.05, 0.1) is 11.8 Å². The number of halogens is 3. The Hall–Kier alpha value is -1.67. The number of rotatable bonds is 5. The summed E-state index contributed by atoms with van der Waals surface area (Å²) >= 11 is 0. The summed E-state index contributed by atoms with van der Waals surface area (Å²) < 4.78 is 37.7. The molecule has 164 valence electrons. The molecule has 1 N–H and O–H groups in total. The Morgan fingerprint density at radius 1 is 1.31 bits per heavy atom. The van der Waals surface area contributed by atoms with Gasteiger partial charge in [-0.3, -0.25) is 9.88 Å². The van der Waals surface area contributed by atoms with Gasteiger partial charge in [-0.05, 0) is 69.2 Å². The van der Waals surface area contributed by atoms with Gasteiger partial charge in [0.2, 0.25) is 0 Å². The van der Waals surface area contributed by atoms with Crippen LogP contribution in [0.2, 0.25) is 0 Å². The summed E-state index contributed by atoms with van der Waals surface area (Å²) in [6.07, 6.45) is 0.695. The van der Waals surface area contributed by atoms with E-state index in [0.29, 0.717) is 17.4 Å². The van der Waals surface area contributed by atoms with Crippen LogP contribution in [0.1, 0.15) is 50.9 Å². The smallest absolute Gasteiger partial charge is 0.475 e. The second-order valence-electron chi connectivity index (χ2n) is 8.61. The van der Waals surface area contributed by atoms with Crippen LogP contribution >= 0.6 is 0 Å². The molecule has 2 fully saturated rings. The zero-order valence-electron chi connectivity index (χ0n) is 17.3. The quantitative estimate of drug-likeness (QED) is 0.769. The number of hydrogen-bond donors (Lipinski definition) is 1. The summed E-state index contributed by atoms with van der Waals surface area (Å²) in [4.78, 5) is 16.1. The van der Waals surface area contributed by atoms with Crippen molar-refractivity contribution in [3.63, 3.8) is 0 Å². The highest BCUT2D eigenvalue weighted by atomic mass is 19.4. The fraction of sp³-hybridized carbons (Fsp3) is 0.714. The van der Waals surface area contributed by atoms with Gasteiger partial charge in [0, 0.05) is 18.8 Å². The van der Waals surface area contributed by atoms with Crippen molar-refractivity contribution in [2.24, 2.45) is 11.3 Å². The van der Waals surface area contributed by atoms with Gasteiger partial charge in [-0.25, -0.2) is 4.79 Å². The number of pyridine rings is 1. The number of aryl methyl sites for hydroxylation is 1. The van der Waals surface area contributed by atoms with Crippen molar-refractivity contribution in [1.29, 1.82) is 0 Å². The Morgan fingerprint density at radius 2 is 1.90 bits per heavy atom. The van der Waals surface area contributed by atoms with Gasteiger partial charge in [-0.2, -0.15) is 13.2 Å². The van der Waals surface area contributed by atoms with E-state index in [1.165, 1.54) is 44.5 Å². The number of carbonyl (C=O) groups is 1. The molecule has 3 rings (SSSR count). The second-order valence-corrected chi connectivity index (χ2v) is 8.61. The standard InChI is InChI=1S/C19H30N2O.C2HF3O2/c1-15(2)14-22-18-11-19(12-18)7-9-21(10-8-19)13-17-6-4-5-16(3)20-17;3-2(4,5)1(6)7/h4-6,15,18H,7-14H2,1-3H3;(H,6,7). The van der Waals surface area contributed by atoms with Gasteiger partial charge in [-0.15, -0.1) is 0 Å². The van der Waals surface area contributed by atoms with E-state index < -0.39 is 12.1 Å². The van der Waals surface area contributed by atoms with Gasteiger partial charge in [0.1, 0.15) is 0 Å². The van der Waals surface area contributed by atoms with Crippen LogP contribution in [0.25, 0.3) is 0 Å². The first kappa shape index (κ1) is 23.6. The van der Waals surface area contributed by atoms with Gasteiger partial charge >= 0.3 is 12.1 Å². The number of likely N-dealkylation sites (tertiary alicyclic amines) is 1.